The Kier molecular flexibility index (Phi) is 3.49. The molecule has 1 aromatic heterocycles. The largest absolute Gasteiger partial charge is 0.307 e. The van der Waals surface area contributed by atoms with Gasteiger partial charge < -0.3 is 4.90 Å². The molecule has 1 amide bonds. The molecule has 1 aromatic carbocycles. The van der Waals surface area contributed by atoms with Gasteiger partial charge in [0.15, 0.2) is 5.82 Å². The zero-order valence-corrected chi connectivity index (χ0v) is 12.7. The van der Waals surface area contributed by atoms with Crippen LogP contribution in [0.5, 0.6) is 0 Å². The quantitative estimate of drug-likeness (QED) is 0.869. The smallest absolute Gasteiger partial charge is 0.249 e. The molecule has 0 radical (unpaired) electrons. The maximum absolute atomic E-state index is 12.6. The molecule has 5 heteroatoms. The standard InChI is InChI=1S/C16H20N4O/c1-11(2)16-17-10-19(18-16)9-15(21)20-12(3)8-13-6-4-5-7-14(13)20/h4-7,10-12H,8-9H2,1-3H3. The van der Waals surface area contributed by atoms with Gasteiger partial charge in [-0.2, -0.15) is 5.10 Å². The monoisotopic (exact) mass is 284 g/mol. The fraction of sp³-hybridized carbons (Fsp3) is 0.438. The van der Waals surface area contributed by atoms with Gasteiger partial charge in [-0.3, -0.25) is 4.79 Å². The number of benzene rings is 1. The first-order valence-electron chi connectivity index (χ1n) is 7.35. The van der Waals surface area contributed by atoms with Crippen LogP contribution in [0.15, 0.2) is 30.6 Å². The number of nitrogens with zero attached hydrogens (tertiary/aromatic N) is 4. The third kappa shape index (κ3) is 2.55. The number of carbonyl (C=O) groups is 1. The molecule has 110 valence electrons. The molecule has 0 saturated carbocycles. The molecule has 5 nitrogen and oxygen atoms in total. The topological polar surface area (TPSA) is 51.0 Å². The average Bonchev–Trinajstić information content (AvgIpc) is 3.01. The molecule has 0 saturated heterocycles. The SMILES string of the molecule is CC(C)c1ncn(CC(=O)N2c3ccccc3CC2C)n1. The second-order valence-electron chi connectivity index (χ2n) is 5.90. The van der Waals surface area contributed by atoms with Crippen molar-refractivity contribution in [1.29, 1.82) is 0 Å². The molecule has 0 N–H and O–H groups in total. The lowest BCUT2D eigenvalue weighted by Crippen LogP contribution is -2.38. The molecule has 1 aliphatic heterocycles. The third-order valence-electron chi connectivity index (χ3n) is 3.84. The Balaban J connectivity index is 1.79. The fourth-order valence-corrected chi connectivity index (χ4v) is 2.81. The van der Waals surface area contributed by atoms with E-state index in [0.717, 1.165) is 17.9 Å². The second-order valence-corrected chi connectivity index (χ2v) is 5.90. The van der Waals surface area contributed by atoms with Crippen molar-refractivity contribution in [3.05, 3.63) is 42.0 Å². The van der Waals surface area contributed by atoms with Crippen molar-refractivity contribution in [3.63, 3.8) is 0 Å². The molecule has 21 heavy (non-hydrogen) atoms. The Morgan fingerprint density at radius 3 is 2.86 bits per heavy atom. The van der Waals surface area contributed by atoms with Gasteiger partial charge in [0.2, 0.25) is 5.91 Å². The van der Waals surface area contributed by atoms with E-state index in [0.29, 0.717) is 0 Å². The van der Waals surface area contributed by atoms with Crippen LogP contribution in [0.4, 0.5) is 5.69 Å². The Labute approximate surface area is 124 Å². The summed E-state index contributed by atoms with van der Waals surface area (Å²) in [4.78, 5) is 18.7. The van der Waals surface area contributed by atoms with E-state index in [2.05, 4.69) is 23.1 Å². The maximum Gasteiger partial charge on any atom is 0.249 e. The highest BCUT2D eigenvalue weighted by molar-refractivity contribution is 5.95. The minimum Gasteiger partial charge on any atom is -0.307 e. The van der Waals surface area contributed by atoms with Gasteiger partial charge in [0.1, 0.15) is 12.9 Å². The Hall–Kier alpha value is -2.17. The third-order valence-corrected chi connectivity index (χ3v) is 3.84. The van der Waals surface area contributed by atoms with Gasteiger partial charge in [0.25, 0.3) is 0 Å². The molecule has 2 heterocycles. The number of anilines is 1. The summed E-state index contributed by atoms with van der Waals surface area (Å²) in [6.07, 6.45) is 2.55. The number of fused-ring (bicyclic) bond motifs is 1. The number of para-hydroxylation sites is 1. The molecule has 0 fully saturated rings. The van der Waals surface area contributed by atoms with E-state index in [-0.39, 0.29) is 24.4 Å². The first-order chi connectivity index (χ1) is 10.1. The van der Waals surface area contributed by atoms with Gasteiger partial charge in [-0.05, 0) is 25.0 Å². The van der Waals surface area contributed by atoms with E-state index < -0.39 is 0 Å². The molecule has 0 spiro atoms. The van der Waals surface area contributed by atoms with Crippen molar-refractivity contribution < 1.29 is 4.79 Å². The summed E-state index contributed by atoms with van der Waals surface area (Å²) >= 11 is 0. The Bertz CT molecular complexity index is 662. The van der Waals surface area contributed by atoms with Crippen molar-refractivity contribution in [2.24, 2.45) is 0 Å². The highest BCUT2D eigenvalue weighted by atomic mass is 16.2. The molecular weight excluding hydrogens is 264 g/mol. The molecule has 1 aliphatic rings. The number of rotatable bonds is 3. The Morgan fingerprint density at radius 2 is 2.14 bits per heavy atom. The van der Waals surface area contributed by atoms with Gasteiger partial charge in [-0.1, -0.05) is 32.0 Å². The number of aromatic nitrogens is 3. The predicted octanol–water partition coefficient (Wildman–Crippen LogP) is 2.38. The zero-order chi connectivity index (χ0) is 15.0. The van der Waals surface area contributed by atoms with Crippen LogP contribution in [-0.2, 0) is 17.8 Å². The van der Waals surface area contributed by atoms with Crippen LogP contribution in [0.2, 0.25) is 0 Å². The summed E-state index contributed by atoms with van der Waals surface area (Å²) in [6, 6.07) is 8.29. The van der Waals surface area contributed by atoms with E-state index in [1.54, 1.807) is 11.0 Å². The van der Waals surface area contributed by atoms with Crippen LogP contribution in [-0.4, -0.2) is 26.7 Å². The van der Waals surface area contributed by atoms with Crippen molar-refractivity contribution >= 4 is 11.6 Å². The van der Waals surface area contributed by atoms with Crippen molar-refractivity contribution in [1.82, 2.24) is 14.8 Å². The highest BCUT2D eigenvalue weighted by Gasteiger charge is 2.30. The highest BCUT2D eigenvalue weighted by Crippen LogP contribution is 2.31. The van der Waals surface area contributed by atoms with Gasteiger partial charge >= 0.3 is 0 Å². The molecule has 0 bridgehead atoms. The minimum absolute atomic E-state index is 0.0626. The lowest BCUT2D eigenvalue weighted by Gasteiger charge is -2.22. The van der Waals surface area contributed by atoms with Crippen LogP contribution < -0.4 is 4.90 Å². The van der Waals surface area contributed by atoms with E-state index in [1.165, 1.54) is 5.56 Å². The number of hydrogen-bond acceptors (Lipinski definition) is 3. The van der Waals surface area contributed by atoms with Crippen LogP contribution >= 0.6 is 0 Å². The van der Waals surface area contributed by atoms with Crippen molar-refractivity contribution in [3.8, 4) is 0 Å². The molecule has 1 unspecified atom stereocenters. The summed E-state index contributed by atoms with van der Waals surface area (Å²) in [7, 11) is 0. The number of amides is 1. The normalized spacial score (nSPS) is 17.3. The first-order valence-corrected chi connectivity index (χ1v) is 7.35. The molecular formula is C16H20N4O. The molecule has 1 atom stereocenters. The van der Waals surface area contributed by atoms with E-state index in [4.69, 9.17) is 0 Å². The van der Waals surface area contributed by atoms with Crippen LogP contribution in [0.3, 0.4) is 0 Å². The summed E-state index contributed by atoms with van der Waals surface area (Å²) in [5, 5.41) is 4.36. The van der Waals surface area contributed by atoms with Gasteiger partial charge in [0.05, 0.1) is 0 Å². The first kappa shape index (κ1) is 13.8. The molecule has 2 aromatic rings. The van der Waals surface area contributed by atoms with Gasteiger partial charge in [0, 0.05) is 17.6 Å². The summed E-state index contributed by atoms with van der Waals surface area (Å²) in [5.41, 5.74) is 2.26. The average molecular weight is 284 g/mol. The van der Waals surface area contributed by atoms with E-state index >= 15 is 0 Å². The summed E-state index contributed by atoms with van der Waals surface area (Å²) < 4.78 is 1.63. The van der Waals surface area contributed by atoms with Gasteiger partial charge in [-0.25, -0.2) is 9.67 Å². The number of hydrogen-bond donors (Lipinski definition) is 0. The second kappa shape index (κ2) is 5.31. The lowest BCUT2D eigenvalue weighted by molar-refractivity contribution is -0.119. The fourth-order valence-electron chi connectivity index (χ4n) is 2.81. The lowest BCUT2D eigenvalue weighted by atomic mass is 10.1. The summed E-state index contributed by atoms with van der Waals surface area (Å²) in [5.74, 6) is 1.11. The van der Waals surface area contributed by atoms with Crippen LogP contribution in [0, 0.1) is 0 Å². The zero-order valence-electron chi connectivity index (χ0n) is 12.7. The summed E-state index contributed by atoms with van der Waals surface area (Å²) in [6.45, 7) is 6.40. The minimum atomic E-state index is 0.0626. The molecule has 0 aliphatic carbocycles. The maximum atomic E-state index is 12.6. The van der Waals surface area contributed by atoms with E-state index in [1.807, 2.05) is 36.9 Å². The van der Waals surface area contributed by atoms with Crippen molar-refractivity contribution in [2.45, 2.75) is 45.7 Å². The molecule has 3 rings (SSSR count). The van der Waals surface area contributed by atoms with E-state index in [9.17, 15) is 4.79 Å². The van der Waals surface area contributed by atoms with Crippen LogP contribution in [0.25, 0.3) is 0 Å². The van der Waals surface area contributed by atoms with Crippen LogP contribution in [0.1, 0.15) is 38.1 Å². The predicted molar refractivity (Wildman–Crippen MR) is 81.2 cm³/mol. The van der Waals surface area contributed by atoms with Crippen molar-refractivity contribution in [2.75, 3.05) is 4.90 Å². The van der Waals surface area contributed by atoms with Gasteiger partial charge in [-0.15, -0.1) is 0 Å². The Morgan fingerprint density at radius 1 is 1.38 bits per heavy atom. The number of carbonyl (C=O) groups excluding carboxylic acids is 1.